The summed E-state index contributed by atoms with van der Waals surface area (Å²) in [6.45, 7) is 7.72. The number of ether oxygens (including phenoxy) is 1. The van der Waals surface area contributed by atoms with E-state index < -0.39 is 11.1 Å². The van der Waals surface area contributed by atoms with E-state index in [-0.39, 0.29) is 12.1 Å². The molecule has 0 aromatic heterocycles. The standard InChI is InChI=1S/C12H21N3O2/c1-11(2,3)17-10(16)15-7-5-6-9(15)12(4,14)8-13/h9H,5-7,14H2,1-4H3. The second-order valence-corrected chi connectivity index (χ2v) is 5.73. The second-order valence-electron chi connectivity index (χ2n) is 5.73. The minimum Gasteiger partial charge on any atom is -0.444 e. The van der Waals surface area contributed by atoms with Gasteiger partial charge < -0.3 is 15.4 Å². The molecule has 0 radical (unpaired) electrons. The monoisotopic (exact) mass is 239 g/mol. The number of carbonyl (C=O) groups excluding carboxylic acids is 1. The minimum atomic E-state index is -1.02. The van der Waals surface area contributed by atoms with Crippen molar-refractivity contribution in [3.05, 3.63) is 0 Å². The molecule has 0 bridgehead atoms. The van der Waals surface area contributed by atoms with Crippen LogP contribution in [0.4, 0.5) is 4.79 Å². The fraction of sp³-hybridized carbons (Fsp3) is 0.833. The normalized spacial score (nSPS) is 24.0. The molecular formula is C12H21N3O2. The molecule has 0 aliphatic carbocycles. The third-order valence-corrected chi connectivity index (χ3v) is 2.81. The number of nitriles is 1. The molecule has 1 saturated heterocycles. The average molecular weight is 239 g/mol. The first-order chi connectivity index (χ1) is 7.67. The molecule has 2 unspecified atom stereocenters. The highest BCUT2D eigenvalue weighted by molar-refractivity contribution is 5.69. The first-order valence-corrected chi connectivity index (χ1v) is 5.87. The Labute approximate surface area is 103 Å². The predicted octanol–water partition coefficient (Wildman–Crippen LogP) is 1.63. The number of nitrogens with zero attached hydrogens (tertiary/aromatic N) is 2. The highest BCUT2D eigenvalue weighted by atomic mass is 16.6. The zero-order valence-corrected chi connectivity index (χ0v) is 11.0. The Kier molecular flexibility index (Phi) is 3.68. The summed E-state index contributed by atoms with van der Waals surface area (Å²) in [5.74, 6) is 0. The first-order valence-electron chi connectivity index (χ1n) is 5.87. The SMILES string of the molecule is CC(C)(C)OC(=O)N1CCCC1C(C)(N)C#N. The van der Waals surface area contributed by atoms with Crippen molar-refractivity contribution in [3.63, 3.8) is 0 Å². The highest BCUT2D eigenvalue weighted by Crippen LogP contribution is 2.26. The Morgan fingerprint density at radius 3 is 2.53 bits per heavy atom. The Morgan fingerprint density at radius 2 is 2.06 bits per heavy atom. The van der Waals surface area contributed by atoms with Gasteiger partial charge >= 0.3 is 6.09 Å². The third-order valence-electron chi connectivity index (χ3n) is 2.81. The second kappa shape index (κ2) is 4.53. The van der Waals surface area contributed by atoms with Gasteiger partial charge in [0.05, 0.1) is 12.1 Å². The van der Waals surface area contributed by atoms with Crippen molar-refractivity contribution in [2.45, 2.75) is 57.7 Å². The van der Waals surface area contributed by atoms with E-state index in [2.05, 4.69) is 6.07 Å². The van der Waals surface area contributed by atoms with Crippen LogP contribution in [0, 0.1) is 11.3 Å². The summed E-state index contributed by atoms with van der Waals surface area (Å²) >= 11 is 0. The summed E-state index contributed by atoms with van der Waals surface area (Å²) in [6, 6.07) is 1.80. The molecule has 1 aliphatic rings. The van der Waals surface area contributed by atoms with E-state index in [1.807, 2.05) is 20.8 Å². The van der Waals surface area contributed by atoms with Gasteiger partial charge in [-0.15, -0.1) is 0 Å². The number of carbonyl (C=O) groups is 1. The molecule has 1 rings (SSSR count). The van der Waals surface area contributed by atoms with Gasteiger partial charge in [-0.25, -0.2) is 4.79 Å². The van der Waals surface area contributed by atoms with Crippen LogP contribution >= 0.6 is 0 Å². The molecule has 1 amide bonds. The van der Waals surface area contributed by atoms with Crippen molar-refractivity contribution in [1.82, 2.24) is 4.90 Å². The third kappa shape index (κ3) is 3.34. The summed E-state index contributed by atoms with van der Waals surface area (Å²) < 4.78 is 5.31. The minimum absolute atomic E-state index is 0.262. The van der Waals surface area contributed by atoms with E-state index in [0.29, 0.717) is 6.54 Å². The fourth-order valence-electron chi connectivity index (χ4n) is 2.00. The Hall–Kier alpha value is -1.28. The van der Waals surface area contributed by atoms with Crippen LogP contribution in [0.25, 0.3) is 0 Å². The van der Waals surface area contributed by atoms with Gasteiger partial charge in [0.1, 0.15) is 11.1 Å². The molecule has 5 nitrogen and oxygen atoms in total. The Balaban J connectivity index is 2.78. The Morgan fingerprint density at radius 1 is 1.47 bits per heavy atom. The quantitative estimate of drug-likeness (QED) is 0.754. The van der Waals surface area contributed by atoms with Crippen LogP contribution in [0.2, 0.25) is 0 Å². The van der Waals surface area contributed by atoms with Gasteiger partial charge in [-0.1, -0.05) is 0 Å². The number of hydrogen-bond acceptors (Lipinski definition) is 4. The van der Waals surface area contributed by atoms with Crippen molar-refractivity contribution in [1.29, 1.82) is 5.26 Å². The van der Waals surface area contributed by atoms with Crippen LogP contribution in [-0.4, -0.2) is 34.7 Å². The molecule has 5 heteroatoms. The van der Waals surface area contributed by atoms with E-state index >= 15 is 0 Å². The van der Waals surface area contributed by atoms with Gasteiger partial charge in [0.15, 0.2) is 0 Å². The first kappa shape index (κ1) is 13.8. The van der Waals surface area contributed by atoms with Crippen LogP contribution < -0.4 is 5.73 Å². The predicted molar refractivity (Wildman–Crippen MR) is 64.2 cm³/mol. The topological polar surface area (TPSA) is 79.3 Å². The smallest absolute Gasteiger partial charge is 0.410 e. The van der Waals surface area contributed by atoms with Crippen LogP contribution in [0.15, 0.2) is 0 Å². The van der Waals surface area contributed by atoms with Gasteiger partial charge in [-0.2, -0.15) is 5.26 Å². The van der Waals surface area contributed by atoms with Crippen molar-refractivity contribution in [2.24, 2.45) is 5.73 Å². The van der Waals surface area contributed by atoms with Crippen molar-refractivity contribution in [3.8, 4) is 6.07 Å². The maximum Gasteiger partial charge on any atom is 0.410 e. The van der Waals surface area contributed by atoms with Crippen LogP contribution in [0.5, 0.6) is 0 Å². The van der Waals surface area contributed by atoms with E-state index in [1.165, 1.54) is 0 Å². The van der Waals surface area contributed by atoms with E-state index in [1.54, 1.807) is 11.8 Å². The summed E-state index contributed by atoms with van der Waals surface area (Å²) in [6.07, 6.45) is 1.23. The molecule has 17 heavy (non-hydrogen) atoms. The lowest BCUT2D eigenvalue weighted by molar-refractivity contribution is 0.0188. The molecule has 0 aromatic carbocycles. The van der Waals surface area contributed by atoms with E-state index in [9.17, 15) is 4.79 Å². The molecule has 0 spiro atoms. The molecule has 1 fully saturated rings. The van der Waals surface area contributed by atoms with Gasteiger partial charge in [0.2, 0.25) is 0 Å². The van der Waals surface area contributed by atoms with Crippen LogP contribution in [0.1, 0.15) is 40.5 Å². The summed E-state index contributed by atoms with van der Waals surface area (Å²) in [5, 5.41) is 9.03. The zero-order valence-electron chi connectivity index (χ0n) is 11.0. The molecule has 1 aliphatic heterocycles. The zero-order chi connectivity index (χ0) is 13.3. The number of amides is 1. The van der Waals surface area contributed by atoms with Crippen LogP contribution in [-0.2, 0) is 4.74 Å². The van der Waals surface area contributed by atoms with Crippen LogP contribution in [0.3, 0.4) is 0 Å². The maximum absolute atomic E-state index is 12.0. The fourth-order valence-corrected chi connectivity index (χ4v) is 2.00. The van der Waals surface area contributed by atoms with Crippen molar-refractivity contribution in [2.75, 3.05) is 6.54 Å². The Bertz CT molecular complexity index is 339. The van der Waals surface area contributed by atoms with E-state index in [4.69, 9.17) is 15.7 Å². The highest BCUT2D eigenvalue weighted by Gasteiger charge is 2.42. The number of likely N-dealkylation sites (tertiary alicyclic amines) is 1. The molecule has 0 saturated carbocycles. The van der Waals surface area contributed by atoms with Gasteiger partial charge in [0, 0.05) is 6.54 Å². The molecular weight excluding hydrogens is 218 g/mol. The van der Waals surface area contributed by atoms with E-state index in [0.717, 1.165) is 12.8 Å². The molecule has 96 valence electrons. The summed E-state index contributed by atoms with van der Waals surface area (Å²) in [4.78, 5) is 13.6. The van der Waals surface area contributed by atoms with Gasteiger partial charge in [-0.05, 0) is 40.5 Å². The summed E-state index contributed by atoms with van der Waals surface area (Å²) in [5.41, 5.74) is 4.36. The lowest BCUT2D eigenvalue weighted by Crippen LogP contribution is -2.55. The molecule has 2 N–H and O–H groups in total. The van der Waals surface area contributed by atoms with Gasteiger partial charge in [-0.3, -0.25) is 0 Å². The summed E-state index contributed by atoms with van der Waals surface area (Å²) in [7, 11) is 0. The number of nitrogens with two attached hydrogens (primary N) is 1. The largest absolute Gasteiger partial charge is 0.444 e. The van der Waals surface area contributed by atoms with Crippen molar-refractivity contribution >= 4 is 6.09 Å². The lowest BCUT2D eigenvalue weighted by atomic mass is 9.93. The molecule has 1 heterocycles. The maximum atomic E-state index is 12.0. The number of rotatable bonds is 1. The molecule has 0 aromatic rings. The number of hydrogen-bond donors (Lipinski definition) is 1. The lowest BCUT2D eigenvalue weighted by Gasteiger charge is -2.33. The average Bonchev–Trinajstić information content (AvgIpc) is 2.63. The van der Waals surface area contributed by atoms with Crippen molar-refractivity contribution < 1.29 is 9.53 Å². The van der Waals surface area contributed by atoms with Gasteiger partial charge in [0.25, 0.3) is 0 Å². The molecule has 2 atom stereocenters.